The molecule has 0 aromatic carbocycles. The van der Waals surface area contributed by atoms with Crippen molar-refractivity contribution in [2.24, 2.45) is 17.3 Å². The molecule has 0 unspecified atom stereocenters. The van der Waals surface area contributed by atoms with Crippen LogP contribution in [0.2, 0.25) is 0 Å². The highest BCUT2D eigenvalue weighted by atomic mass is 14.3. The van der Waals surface area contributed by atoms with E-state index in [0.717, 1.165) is 11.8 Å². The molecule has 0 aliphatic heterocycles. The van der Waals surface area contributed by atoms with Gasteiger partial charge in [-0.15, -0.1) is 0 Å². The van der Waals surface area contributed by atoms with Gasteiger partial charge in [0.05, 0.1) is 0 Å². The molecular weight excluding hydrogens is 156 g/mol. The average molecular weight is 182 g/mol. The number of hydrogen-bond acceptors (Lipinski definition) is 0. The Morgan fingerprint density at radius 3 is 2.15 bits per heavy atom. The van der Waals surface area contributed by atoms with Crippen LogP contribution in [0.25, 0.3) is 0 Å². The van der Waals surface area contributed by atoms with Gasteiger partial charge in [-0.2, -0.15) is 0 Å². The second kappa shape index (κ2) is 4.48. The molecule has 0 heterocycles. The smallest absolute Gasteiger partial charge is 0.0357 e. The molecule has 0 heteroatoms. The Morgan fingerprint density at radius 1 is 1.08 bits per heavy atom. The third-order valence-corrected chi connectivity index (χ3v) is 4.10. The minimum atomic E-state index is 0.595. The van der Waals surface area contributed by atoms with Crippen molar-refractivity contribution in [3.8, 4) is 0 Å². The maximum absolute atomic E-state index is 2.41. The maximum atomic E-state index is 2.41. The standard InChI is InChI=1S/C13H26/c1-5-11-9-12(10-11)7-8-13(3,4)6-2/h11-12H,5-10H2,1-4H3. The van der Waals surface area contributed by atoms with Crippen LogP contribution in [-0.2, 0) is 0 Å². The minimum absolute atomic E-state index is 0.595. The fourth-order valence-electron chi connectivity index (χ4n) is 2.21. The molecule has 0 nitrogen and oxygen atoms in total. The normalized spacial score (nSPS) is 28.6. The maximum Gasteiger partial charge on any atom is -0.0357 e. The summed E-state index contributed by atoms with van der Waals surface area (Å²) < 4.78 is 0. The summed E-state index contributed by atoms with van der Waals surface area (Å²) in [7, 11) is 0. The fraction of sp³-hybridized carbons (Fsp3) is 1.00. The van der Waals surface area contributed by atoms with E-state index in [1.165, 1.54) is 38.5 Å². The molecule has 0 radical (unpaired) electrons. The van der Waals surface area contributed by atoms with Crippen LogP contribution >= 0.6 is 0 Å². The first-order valence-electron chi connectivity index (χ1n) is 6.07. The van der Waals surface area contributed by atoms with Crippen molar-refractivity contribution in [3.05, 3.63) is 0 Å². The second-order valence-electron chi connectivity index (χ2n) is 5.67. The summed E-state index contributed by atoms with van der Waals surface area (Å²) in [6, 6.07) is 0. The van der Waals surface area contributed by atoms with Gasteiger partial charge in [0.1, 0.15) is 0 Å². The molecule has 1 saturated carbocycles. The van der Waals surface area contributed by atoms with Gasteiger partial charge in [0.15, 0.2) is 0 Å². The molecule has 0 spiro atoms. The Kier molecular flexibility index (Phi) is 3.82. The minimum Gasteiger partial charge on any atom is -0.0651 e. The molecule has 0 N–H and O–H groups in total. The SMILES string of the molecule is CCC1CC(CCC(C)(C)CC)C1. The van der Waals surface area contributed by atoms with Gasteiger partial charge >= 0.3 is 0 Å². The zero-order valence-corrected chi connectivity index (χ0v) is 9.90. The monoisotopic (exact) mass is 182 g/mol. The van der Waals surface area contributed by atoms with Gasteiger partial charge in [-0.25, -0.2) is 0 Å². The fourth-order valence-corrected chi connectivity index (χ4v) is 2.21. The Morgan fingerprint density at radius 2 is 1.69 bits per heavy atom. The van der Waals surface area contributed by atoms with Crippen LogP contribution in [-0.4, -0.2) is 0 Å². The summed E-state index contributed by atoms with van der Waals surface area (Å²) in [5.41, 5.74) is 0.595. The van der Waals surface area contributed by atoms with Crippen LogP contribution in [0.4, 0.5) is 0 Å². The van der Waals surface area contributed by atoms with Crippen molar-refractivity contribution < 1.29 is 0 Å². The van der Waals surface area contributed by atoms with Gasteiger partial charge in [0, 0.05) is 0 Å². The van der Waals surface area contributed by atoms with Gasteiger partial charge in [-0.1, -0.05) is 40.5 Å². The molecule has 0 aromatic rings. The van der Waals surface area contributed by atoms with Crippen LogP contribution in [0.1, 0.15) is 66.2 Å². The van der Waals surface area contributed by atoms with Crippen molar-refractivity contribution >= 4 is 0 Å². The van der Waals surface area contributed by atoms with Gasteiger partial charge in [-0.05, 0) is 42.9 Å². The summed E-state index contributed by atoms with van der Waals surface area (Å²) in [6.45, 7) is 9.46. The zero-order valence-electron chi connectivity index (χ0n) is 9.90. The predicted molar refractivity (Wildman–Crippen MR) is 59.8 cm³/mol. The lowest BCUT2D eigenvalue weighted by atomic mass is 9.69. The van der Waals surface area contributed by atoms with Gasteiger partial charge in [0.2, 0.25) is 0 Å². The Bertz CT molecular complexity index is 140. The van der Waals surface area contributed by atoms with Crippen molar-refractivity contribution in [2.75, 3.05) is 0 Å². The van der Waals surface area contributed by atoms with Crippen LogP contribution in [0.5, 0.6) is 0 Å². The molecule has 1 aliphatic rings. The van der Waals surface area contributed by atoms with E-state index in [0.29, 0.717) is 5.41 Å². The average Bonchev–Trinajstić information content (AvgIpc) is 2.02. The van der Waals surface area contributed by atoms with Crippen LogP contribution in [0.15, 0.2) is 0 Å². The highest BCUT2D eigenvalue weighted by molar-refractivity contribution is 4.80. The van der Waals surface area contributed by atoms with Crippen molar-refractivity contribution in [3.63, 3.8) is 0 Å². The third-order valence-electron chi connectivity index (χ3n) is 4.10. The Balaban J connectivity index is 2.08. The Hall–Kier alpha value is 0. The van der Waals surface area contributed by atoms with Crippen molar-refractivity contribution in [2.45, 2.75) is 66.2 Å². The molecule has 1 aliphatic carbocycles. The molecule has 1 rings (SSSR count). The molecule has 0 saturated heterocycles. The van der Waals surface area contributed by atoms with E-state index in [9.17, 15) is 0 Å². The van der Waals surface area contributed by atoms with E-state index in [1.807, 2.05) is 0 Å². The first-order chi connectivity index (χ1) is 6.07. The molecule has 0 bridgehead atoms. The summed E-state index contributed by atoms with van der Waals surface area (Å²) in [5, 5.41) is 0. The van der Waals surface area contributed by atoms with Gasteiger partial charge in [0.25, 0.3) is 0 Å². The summed E-state index contributed by atoms with van der Waals surface area (Å²) in [4.78, 5) is 0. The topological polar surface area (TPSA) is 0 Å². The summed E-state index contributed by atoms with van der Waals surface area (Å²) >= 11 is 0. The van der Waals surface area contributed by atoms with Crippen molar-refractivity contribution in [1.29, 1.82) is 0 Å². The first-order valence-corrected chi connectivity index (χ1v) is 6.07. The van der Waals surface area contributed by atoms with E-state index >= 15 is 0 Å². The second-order valence-corrected chi connectivity index (χ2v) is 5.67. The molecule has 78 valence electrons. The van der Waals surface area contributed by atoms with Crippen LogP contribution in [0.3, 0.4) is 0 Å². The van der Waals surface area contributed by atoms with Gasteiger partial charge in [-0.3, -0.25) is 0 Å². The lowest BCUT2D eigenvalue weighted by Crippen LogP contribution is -2.24. The van der Waals surface area contributed by atoms with Crippen LogP contribution < -0.4 is 0 Å². The van der Waals surface area contributed by atoms with E-state index in [1.54, 1.807) is 0 Å². The van der Waals surface area contributed by atoms with E-state index in [-0.39, 0.29) is 0 Å². The van der Waals surface area contributed by atoms with Gasteiger partial charge < -0.3 is 0 Å². The van der Waals surface area contributed by atoms with E-state index in [2.05, 4.69) is 27.7 Å². The summed E-state index contributed by atoms with van der Waals surface area (Å²) in [5.74, 6) is 2.16. The predicted octanol–water partition coefficient (Wildman–Crippen LogP) is 4.64. The lowest BCUT2D eigenvalue weighted by Gasteiger charge is -2.36. The summed E-state index contributed by atoms with van der Waals surface area (Å²) in [6.07, 6.45) is 8.71. The number of rotatable bonds is 5. The lowest BCUT2D eigenvalue weighted by molar-refractivity contribution is 0.152. The molecule has 0 atom stereocenters. The van der Waals surface area contributed by atoms with E-state index < -0.39 is 0 Å². The quantitative estimate of drug-likeness (QED) is 0.581. The highest BCUT2D eigenvalue weighted by Gasteiger charge is 2.28. The highest BCUT2D eigenvalue weighted by Crippen LogP contribution is 2.41. The molecule has 0 aromatic heterocycles. The Labute approximate surface area is 84.1 Å². The molecule has 0 amide bonds. The van der Waals surface area contributed by atoms with Crippen molar-refractivity contribution in [1.82, 2.24) is 0 Å². The first kappa shape index (κ1) is 11.1. The number of hydrogen-bond donors (Lipinski definition) is 0. The molecular formula is C13H26. The zero-order chi connectivity index (χ0) is 9.90. The third kappa shape index (κ3) is 3.32. The van der Waals surface area contributed by atoms with Crippen LogP contribution in [0, 0.1) is 17.3 Å². The molecule has 1 fully saturated rings. The largest absolute Gasteiger partial charge is 0.0651 e. The van der Waals surface area contributed by atoms with E-state index in [4.69, 9.17) is 0 Å². The molecule has 13 heavy (non-hydrogen) atoms.